The molecule has 0 unspecified atom stereocenters. The van der Waals surface area contributed by atoms with Crippen molar-refractivity contribution < 1.29 is 0 Å². The fourth-order valence-corrected chi connectivity index (χ4v) is 5.31. The van der Waals surface area contributed by atoms with E-state index in [1.165, 1.54) is 49.9 Å². The van der Waals surface area contributed by atoms with Crippen LogP contribution in [0, 0.1) is 17.8 Å². The van der Waals surface area contributed by atoms with Crippen molar-refractivity contribution in [2.24, 2.45) is 23.5 Å². The molecule has 2 heteroatoms. The van der Waals surface area contributed by atoms with Gasteiger partial charge < -0.3 is 10.7 Å². The molecule has 0 saturated heterocycles. The minimum absolute atomic E-state index is 0.502. The summed E-state index contributed by atoms with van der Waals surface area (Å²) in [5.74, 6) is 3.06. The van der Waals surface area contributed by atoms with Crippen LogP contribution in [0.5, 0.6) is 0 Å². The van der Waals surface area contributed by atoms with Crippen LogP contribution in [-0.4, -0.2) is 4.98 Å². The highest BCUT2D eigenvalue weighted by Gasteiger charge is 2.52. The second kappa shape index (κ2) is 3.38. The van der Waals surface area contributed by atoms with Crippen molar-refractivity contribution in [2.45, 2.75) is 50.5 Å². The van der Waals surface area contributed by atoms with E-state index in [4.69, 9.17) is 5.73 Å². The van der Waals surface area contributed by atoms with E-state index in [2.05, 4.69) is 17.1 Å². The molecule has 3 N–H and O–H groups in total. The summed E-state index contributed by atoms with van der Waals surface area (Å²) in [5.41, 5.74) is 8.93. The lowest BCUT2D eigenvalue weighted by Crippen LogP contribution is -2.48. The number of aromatic nitrogens is 1. The van der Waals surface area contributed by atoms with Crippen LogP contribution in [0.1, 0.15) is 49.9 Å². The summed E-state index contributed by atoms with van der Waals surface area (Å²) in [6, 6.07) is 4.50. The predicted octanol–water partition coefficient (Wildman–Crippen LogP) is 2.94. The first-order valence-corrected chi connectivity index (χ1v) is 7.16. The van der Waals surface area contributed by atoms with Crippen LogP contribution in [-0.2, 0) is 12.0 Å². The Balaban J connectivity index is 1.72. The summed E-state index contributed by atoms with van der Waals surface area (Å²) in [4.78, 5) is 3.59. The quantitative estimate of drug-likeness (QED) is 0.806. The van der Waals surface area contributed by atoms with Gasteiger partial charge >= 0.3 is 0 Å². The second-order valence-corrected chi connectivity index (χ2v) is 6.80. The Labute approximate surface area is 103 Å². The molecule has 0 spiro atoms. The van der Waals surface area contributed by atoms with Crippen LogP contribution < -0.4 is 5.73 Å². The Bertz CT molecular complexity index is 397. The number of rotatable bonds is 2. The minimum atomic E-state index is 0.502. The summed E-state index contributed by atoms with van der Waals surface area (Å²) < 4.78 is 0. The second-order valence-electron chi connectivity index (χ2n) is 6.80. The van der Waals surface area contributed by atoms with E-state index in [9.17, 15) is 0 Å². The van der Waals surface area contributed by atoms with Crippen LogP contribution in [0.2, 0.25) is 0 Å². The fraction of sp³-hybridized carbons (Fsp3) is 0.733. The van der Waals surface area contributed by atoms with Gasteiger partial charge in [0.15, 0.2) is 0 Å². The van der Waals surface area contributed by atoms with Gasteiger partial charge in [-0.25, -0.2) is 0 Å². The number of hydrogen-bond donors (Lipinski definition) is 2. The fourth-order valence-electron chi connectivity index (χ4n) is 5.31. The Kier molecular flexibility index (Phi) is 2.03. The van der Waals surface area contributed by atoms with Crippen molar-refractivity contribution >= 4 is 0 Å². The smallest absolute Gasteiger partial charge is 0.0332 e. The molecular formula is C15H22N2. The zero-order valence-corrected chi connectivity index (χ0v) is 10.4. The molecule has 1 aromatic rings. The van der Waals surface area contributed by atoms with E-state index >= 15 is 0 Å². The Morgan fingerprint density at radius 1 is 1.06 bits per heavy atom. The van der Waals surface area contributed by atoms with Gasteiger partial charge in [-0.2, -0.15) is 0 Å². The first-order chi connectivity index (χ1) is 8.27. The molecule has 4 fully saturated rings. The molecule has 0 atom stereocenters. The number of nitrogens with one attached hydrogen (secondary N) is 1. The number of hydrogen-bond acceptors (Lipinski definition) is 1. The third-order valence-corrected chi connectivity index (χ3v) is 5.58. The molecule has 4 aliphatic rings. The first kappa shape index (κ1) is 10.2. The van der Waals surface area contributed by atoms with Gasteiger partial charge in [-0.15, -0.1) is 0 Å². The molecule has 5 rings (SSSR count). The van der Waals surface area contributed by atoms with E-state index in [1.807, 2.05) is 0 Å². The maximum Gasteiger partial charge on any atom is 0.0332 e. The molecule has 0 aromatic carbocycles. The zero-order valence-electron chi connectivity index (χ0n) is 10.4. The third kappa shape index (κ3) is 1.43. The van der Waals surface area contributed by atoms with Crippen molar-refractivity contribution in [3.8, 4) is 0 Å². The molecule has 1 heterocycles. The molecule has 1 aromatic heterocycles. The summed E-state index contributed by atoms with van der Waals surface area (Å²) in [7, 11) is 0. The van der Waals surface area contributed by atoms with Gasteiger partial charge in [0.25, 0.3) is 0 Å². The molecule has 4 saturated carbocycles. The van der Waals surface area contributed by atoms with Crippen molar-refractivity contribution in [3.05, 3.63) is 23.5 Å². The highest BCUT2D eigenvalue weighted by molar-refractivity contribution is 5.26. The van der Waals surface area contributed by atoms with Gasteiger partial charge in [0.05, 0.1) is 0 Å². The van der Waals surface area contributed by atoms with E-state index < -0.39 is 0 Å². The van der Waals surface area contributed by atoms with Crippen molar-refractivity contribution in [1.82, 2.24) is 4.98 Å². The SMILES string of the molecule is NCc1ccc(C23CC4CC(CC(C4)C2)C3)[nH]1. The molecular weight excluding hydrogens is 208 g/mol. The predicted molar refractivity (Wildman–Crippen MR) is 68.5 cm³/mol. The van der Waals surface area contributed by atoms with Crippen LogP contribution >= 0.6 is 0 Å². The average molecular weight is 230 g/mol. The van der Waals surface area contributed by atoms with Gasteiger partial charge in [-0.05, 0) is 68.4 Å². The average Bonchev–Trinajstić information content (AvgIpc) is 2.76. The monoisotopic (exact) mass is 230 g/mol. The van der Waals surface area contributed by atoms with Crippen molar-refractivity contribution in [1.29, 1.82) is 0 Å². The summed E-state index contributed by atoms with van der Waals surface area (Å²) in [5, 5.41) is 0. The maximum absolute atomic E-state index is 5.72. The lowest BCUT2D eigenvalue weighted by molar-refractivity contribution is -0.00701. The van der Waals surface area contributed by atoms with Gasteiger partial charge in [0.1, 0.15) is 0 Å². The van der Waals surface area contributed by atoms with Crippen molar-refractivity contribution in [2.75, 3.05) is 0 Å². The Morgan fingerprint density at radius 2 is 1.65 bits per heavy atom. The summed E-state index contributed by atoms with van der Waals surface area (Å²) >= 11 is 0. The standard InChI is InChI=1S/C15H22N2/c16-9-13-1-2-14(17-13)15-6-10-3-11(7-15)5-12(4-10)8-15/h1-2,10-12,17H,3-9,16H2. The molecule has 0 aliphatic heterocycles. The van der Waals surface area contributed by atoms with Crippen LogP contribution in [0.15, 0.2) is 12.1 Å². The largest absolute Gasteiger partial charge is 0.361 e. The number of aromatic amines is 1. The number of H-pyrrole nitrogens is 1. The van der Waals surface area contributed by atoms with Gasteiger partial charge in [-0.3, -0.25) is 0 Å². The maximum atomic E-state index is 5.72. The molecule has 4 bridgehead atoms. The first-order valence-electron chi connectivity index (χ1n) is 7.16. The van der Waals surface area contributed by atoms with E-state index in [0.717, 1.165) is 17.8 Å². The van der Waals surface area contributed by atoms with Gasteiger partial charge in [-0.1, -0.05) is 0 Å². The summed E-state index contributed by atoms with van der Waals surface area (Å²) in [6.07, 6.45) is 8.85. The molecule has 92 valence electrons. The molecule has 4 aliphatic carbocycles. The lowest BCUT2D eigenvalue weighted by Gasteiger charge is -2.56. The lowest BCUT2D eigenvalue weighted by atomic mass is 9.49. The van der Waals surface area contributed by atoms with E-state index in [0.29, 0.717) is 12.0 Å². The van der Waals surface area contributed by atoms with Gasteiger partial charge in [0, 0.05) is 23.3 Å². The third-order valence-electron chi connectivity index (χ3n) is 5.58. The van der Waals surface area contributed by atoms with E-state index in [1.54, 1.807) is 0 Å². The Hall–Kier alpha value is -0.760. The normalized spacial score (nSPS) is 43.2. The van der Waals surface area contributed by atoms with E-state index in [-0.39, 0.29) is 0 Å². The highest BCUT2D eigenvalue weighted by Crippen LogP contribution is 2.60. The van der Waals surface area contributed by atoms with Crippen LogP contribution in [0.25, 0.3) is 0 Å². The molecule has 17 heavy (non-hydrogen) atoms. The highest BCUT2D eigenvalue weighted by atomic mass is 14.8. The molecule has 0 radical (unpaired) electrons. The Morgan fingerprint density at radius 3 is 2.12 bits per heavy atom. The topological polar surface area (TPSA) is 41.8 Å². The van der Waals surface area contributed by atoms with Crippen LogP contribution in [0.4, 0.5) is 0 Å². The molecule has 2 nitrogen and oxygen atoms in total. The summed E-state index contributed by atoms with van der Waals surface area (Å²) in [6.45, 7) is 0.645. The van der Waals surface area contributed by atoms with Crippen LogP contribution in [0.3, 0.4) is 0 Å². The minimum Gasteiger partial charge on any atom is -0.361 e. The number of nitrogens with two attached hydrogens (primary N) is 1. The van der Waals surface area contributed by atoms with Crippen molar-refractivity contribution in [3.63, 3.8) is 0 Å². The van der Waals surface area contributed by atoms with Gasteiger partial charge in [0.2, 0.25) is 0 Å². The molecule has 0 amide bonds. The zero-order chi connectivity index (χ0) is 11.5.